The minimum Gasteiger partial charge on any atom is -0.381 e. The Hall–Kier alpha value is -0.590. The van der Waals surface area contributed by atoms with Crippen molar-refractivity contribution in [3.63, 3.8) is 0 Å². The Labute approximate surface area is 111 Å². The minimum absolute atomic E-state index is 0.518. The van der Waals surface area contributed by atoms with Gasteiger partial charge in [-0.2, -0.15) is 5.26 Å². The number of rotatable bonds is 10. The second-order valence-corrected chi connectivity index (χ2v) is 5.07. The first-order valence-electron chi connectivity index (χ1n) is 7.50. The largest absolute Gasteiger partial charge is 0.381 e. The Kier molecular flexibility index (Phi) is 9.88. The molecule has 1 heterocycles. The molecule has 1 aliphatic heterocycles. The third-order valence-electron chi connectivity index (χ3n) is 3.42. The highest BCUT2D eigenvalue weighted by Crippen LogP contribution is 2.17. The first kappa shape index (κ1) is 15.5. The molecular formula is C15H27NO2. The average molecular weight is 253 g/mol. The Morgan fingerprint density at radius 1 is 1.06 bits per heavy atom. The van der Waals surface area contributed by atoms with E-state index >= 15 is 0 Å². The molecule has 3 nitrogen and oxygen atoms in total. The van der Waals surface area contributed by atoms with Gasteiger partial charge in [-0.3, -0.25) is 0 Å². The normalized spacial score (nSPS) is 19.6. The van der Waals surface area contributed by atoms with Gasteiger partial charge in [0.2, 0.25) is 0 Å². The summed E-state index contributed by atoms with van der Waals surface area (Å²) in [5.41, 5.74) is 0. The van der Waals surface area contributed by atoms with Crippen LogP contribution in [0.4, 0.5) is 0 Å². The van der Waals surface area contributed by atoms with Crippen LogP contribution in [0.15, 0.2) is 0 Å². The number of nitriles is 1. The monoisotopic (exact) mass is 253 g/mol. The van der Waals surface area contributed by atoms with E-state index in [9.17, 15) is 0 Å². The third-order valence-corrected chi connectivity index (χ3v) is 3.42. The molecule has 1 fully saturated rings. The second kappa shape index (κ2) is 11.5. The zero-order chi connectivity index (χ0) is 12.9. The number of unbranched alkanes of at least 4 members (excludes halogenated alkanes) is 4. The van der Waals surface area contributed by atoms with Gasteiger partial charge in [0.1, 0.15) is 0 Å². The fourth-order valence-corrected chi connectivity index (χ4v) is 2.30. The molecule has 0 saturated carbocycles. The van der Waals surface area contributed by atoms with Crippen molar-refractivity contribution in [1.29, 1.82) is 5.26 Å². The van der Waals surface area contributed by atoms with Gasteiger partial charge in [-0.15, -0.1) is 0 Å². The molecule has 0 aliphatic carbocycles. The molecule has 1 unspecified atom stereocenters. The molecule has 1 atom stereocenters. The van der Waals surface area contributed by atoms with E-state index in [0.29, 0.717) is 12.5 Å². The SMILES string of the molecule is N#CCCCCCOCCCCC1CCCCO1. The first-order valence-corrected chi connectivity index (χ1v) is 7.50. The summed E-state index contributed by atoms with van der Waals surface area (Å²) in [5.74, 6) is 0. The zero-order valence-electron chi connectivity index (χ0n) is 11.5. The fourth-order valence-electron chi connectivity index (χ4n) is 2.30. The van der Waals surface area contributed by atoms with Crippen LogP contribution in [-0.4, -0.2) is 25.9 Å². The molecule has 0 aromatic rings. The topological polar surface area (TPSA) is 42.2 Å². The van der Waals surface area contributed by atoms with Crippen molar-refractivity contribution >= 4 is 0 Å². The molecule has 0 spiro atoms. The summed E-state index contributed by atoms with van der Waals surface area (Å²) in [6.45, 7) is 2.69. The van der Waals surface area contributed by atoms with E-state index in [4.69, 9.17) is 14.7 Å². The van der Waals surface area contributed by atoms with Crippen molar-refractivity contribution in [1.82, 2.24) is 0 Å². The third kappa shape index (κ3) is 8.49. The molecule has 18 heavy (non-hydrogen) atoms. The number of ether oxygens (including phenoxy) is 2. The van der Waals surface area contributed by atoms with Gasteiger partial charge in [0.05, 0.1) is 12.2 Å². The van der Waals surface area contributed by atoms with Crippen LogP contribution >= 0.6 is 0 Å². The zero-order valence-corrected chi connectivity index (χ0v) is 11.5. The summed E-state index contributed by atoms with van der Waals surface area (Å²) >= 11 is 0. The quantitative estimate of drug-likeness (QED) is 0.556. The Balaban J connectivity index is 1.74. The minimum atomic E-state index is 0.518. The van der Waals surface area contributed by atoms with Crippen molar-refractivity contribution < 1.29 is 9.47 Å². The lowest BCUT2D eigenvalue weighted by Crippen LogP contribution is -2.18. The van der Waals surface area contributed by atoms with Crippen LogP contribution in [0.25, 0.3) is 0 Å². The molecule has 3 heteroatoms. The van der Waals surface area contributed by atoms with Crippen LogP contribution in [0.5, 0.6) is 0 Å². The summed E-state index contributed by atoms with van der Waals surface area (Å²) in [4.78, 5) is 0. The van der Waals surface area contributed by atoms with Crippen LogP contribution in [0.3, 0.4) is 0 Å². The highest BCUT2D eigenvalue weighted by Gasteiger charge is 2.12. The molecule has 0 aromatic carbocycles. The van der Waals surface area contributed by atoms with Gasteiger partial charge in [0.25, 0.3) is 0 Å². The highest BCUT2D eigenvalue weighted by atomic mass is 16.5. The second-order valence-electron chi connectivity index (χ2n) is 5.07. The molecule has 0 radical (unpaired) electrons. The van der Waals surface area contributed by atoms with E-state index in [1.54, 1.807) is 0 Å². The maximum Gasteiger partial charge on any atom is 0.0621 e. The van der Waals surface area contributed by atoms with Crippen LogP contribution in [0, 0.1) is 11.3 Å². The first-order chi connectivity index (χ1) is 8.93. The van der Waals surface area contributed by atoms with Crippen molar-refractivity contribution in [2.24, 2.45) is 0 Å². The van der Waals surface area contributed by atoms with Crippen molar-refractivity contribution in [2.75, 3.05) is 19.8 Å². The Bertz CT molecular complexity index is 219. The maximum absolute atomic E-state index is 8.38. The van der Waals surface area contributed by atoms with E-state index in [1.807, 2.05) is 0 Å². The van der Waals surface area contributed by atoms with Gasteiger partial charge in [0.15, 0.2) is 0 Å². The maximum atomic E-state index is 8.38. The molecule has 1 aliphatic rings. The van der Waals surface area contributed by atoms with Gasteiger partial charge >= 0.3 is 0 Å². The number of hydrogen-bond donors (Lipinski definition) is 0. The van der Waals surface area contributed by atoms with Crippen molar-refractivity contribution in [2.45, 2.75) is 70.3 Å². The summed E-state index contributed by atoms with van der Waals surface area (Å²) in [7, 11) is 0. The average Bonchev–Trinajstić information content (AvgIpc) is 2.42. The fraction of sp³-hybridized carbons (Fsp3) is 0.933. The summed E-state index contributed by atoms with van der Waals surface area (Å²) < 4.78 is 11.3. The molecule has 0 bridgehead atoms. The van der Waals surface area contributed by atoms with Crippen LogP contribution < -0.4 is 0 Å². The van der Waals surface area contributed by atoms with Crippen LogP contribution in [0.2, 0.25) is 0 Å². The molecule has 0 N–H and O–H groups in total. The Morgan fingerprint density at radius 2 is 1.89 bits per heavy atom. The van der Waals surface area contributed by atoms with Crippen LogP contribution in [0.1, 0.15) is 64.2 Å². The lowest BCUT2D eigenvalue weighted by Gasteiger charge is -2.22. The lowest BCUT2D eigenvalue weighted by molar-refractivity contribution is 0.00841. The van der Waals surface area contributed by atoms with Gasteiger partial charge in [0, 0.05) is 26.2 Å². The molecule has 1 rings (SSSR count). The van der Waals surface area contributed by atoms with E-state index < -0.39 is 0 Å². The lowest BCUT2D eigenvalue weighted by atomic mass is 10.0. The predicted molar refractivity (Wildman–Crippen MR) is 72.3 cm³/mol. The van der Waals surface area contributed by atoms with E-state index in [0.717, 1.165) is 45.5 Å². The van der Waals surface area contributed by atoms with Gasteiger partial charge in [-0.25, -0.2) is 0 Å². The number of nitrogens with zero attached hydrogens (tertiary/aromatic N) is 1. The standard InChI is InChI=1S/C15H27NO2/c16-11-5-1-2-6-12-17-13-7-3-9-15-10-4-8-14-18-15/h15H,1-10,12-14H2. The predicted octanol–water partition coefficient (Wildman–Crippen LogP) is 3.83. The van der Waals surface area contributed by atoms with Crippen LogP contribution in [-0.2, 0) is 9.47 Å². The number of hydrogen-bond acceptors (Lipinski definition) is 3. The van der Waals surface area contributed by atoms with E-state index in [-0.39, 0.29) is 0 Å². The van der Waals surface area contributed by atoms with Gasteiger partial charge in [-0.05, 0) is 51.4 Å². The summed E-state index contributed by atoms with van der Waals surface area (Å²) in [5, 5.41) is 8.38. The smallest absolute Gasteiger partial charge is 0.0621 e. The molecule has 0 amide bonds. The molecule has 0 aromatic heterocycles. The van der Waals surface area contributed by atoms with Crippen molar-refractivity contribution in [3.8, 4) is 6.07 Å². The summed E-state index contributed by atoms with van der Waals surface area (Å²) in [6, 6.07) is 2.16. The summed E-state index contributed by atoms with van der Waals surface area (Å²) in [6.07, 6.45) is 11.8. The van der Waals surface area contributed by atoms with E-state index in [1.165, 1.54) is 32.1 Å². The van der Waals surface area contributed by atoms with Gasteiger partial charge < -0.3 is 9.47 Å². The molecular weight excluding hydrogens is 226 g/mol. The Morgan fingerprint density at radius 3 is 2.61 bits per heavy atom. The van der Waals surface area contributed by atoms with Gasteiger partial charge in [-0.1, -0.05) is 6.42 Å². The molecule has 104 valence electrons. The molecule has 1 saturated heterocycles. The van der Waals surface area contributed by atoms with E-state index in [2.05, 4.69) is 6.07 Å². The highest BCUT2D eigenvalue weighted by molar-refractivity contribution is 4.67. The van der Waals surface area contributed by atoms with Crippen molar-refractivity contribution in [3.05, 3.63) is 0 Å².